The lowest BCUT2D eigenvalue weighted by atomic mass is 10.1. The number of carbonyl (C=O) groups excluding carboxylic acids is 2. The first kappa shape index (κ1) is 18.4. The predicted octanol–water partition coefficient (Wildman–Crippen LogP) is 2.20. The zero-order valence-electron chi connectivity index (χ0n) is 15.5. The van der Waals surface area contributed by atoms with E-state index in [9.17, 15) is 9.59 Å². The van der Waals surface area contributed by atoms with Crippen LogP contribution in [0.25, 0.3) is 0 Å². The molecule has 4 heterocycles. The molecule has 3 aromatic rings. The Balaban J connectivity index is 1.47. The molecule has 0 bridgehead atoms. The van der Waals surface area contributed by atoms with E-state index in [1.807, 2.05) is 29.0 Å². The topological polar surface area (TPSA) is 80.1 Å². The Morgan fingerprint density at radius 3 is 2.96 bits per heavy atom. The highest BCUT2D eigenvalue weighted by Gasteiger charge is 2.32. The van der Waals surface area contributed by atoms with Crippen molar-refractivity contribution >= 4 is 23.2 Å². The smallest absolute Gasteiger partial charge is 0.255 e. The van der Waals surface area contributed by atoms with Gasteiger partial charge >= 0.3 is 0 Å². The van der Waals surface area contributed by atoms with Crippen LogP contribution in [0, 0.1) is 6.92 Å². The molecule has 1 unspecified atom stereocenters. The second-order valence-corrected chi connectivity index (χ2v) is 7.90. The van der Waals surface area contributed by atoms with Gasteiger partial charge in [-0.15, -0.1) is 11.3 Å². The number of aryl methyl sites for hydroxylation is 1. The summed E-state index contributed by atoms with van der Waals surface area (Å²) in [6.07, 6.45) is 7.45. The number of hydrogen-bond donors (Lipinski definition) is 1. The summed E-state index contributed by atoms with van der Waals surface area (Å²) in [5.41, 5.74) is 2.30. The number of rotatable bonds is 5. The summed E-state index contributed by atoms with van der Waals surface area (Å²) in [6, 6.07) is 5.39. The van der Waals surface area contributed by atoms with Crippen molar-refractivity contribution in [2.45, 2.75) is 25.9 Å². The first-order valence-corrected chi connectivity index (χ1v) is 10.0. The van der Waals surface area contributed by atoms with E-state index < -0.39 is 6.04 Å². The lowest BCUT2D eigenvalue weighted by molar-refractivity contribution is -0.125. The van der Waals surface area contributed by atoms with Crippen LogP contribution in [-0.4, -0.2) is 44.3 Å². The third-order valence-electron chi connectivity index (χ3n) is 4.79. The minimum absolute atomic E-state index is 0.101. The monoisotopic (exact) mass is 395 g/mol. The van der Waals surface area contributed by atoms with Crippen LogP contribution in [0.1, 0.15) is 32.5 Å². The highest BCUT2D eigenvalue weighted by atomic mass is 32.1. The number of imidazole rings is 1. The van der Waals surface area contributed by atoms with Gasteiger partial charge in [0.15, 0.2) is 0 Å². The average molecular weight is 395 g/mol. The lowest BCUT2D eigenvalue weighted by Crippen LogP contribution is -2.46. The van der Waals surface area contributed by atoms with Crippen LogP contribution >= 0.6 is 11.3 Å². The molecule has 1 aliphatic heterocycles. The van der Waals surface area contributed by atoms with Crippen molar-refractivity contribution in [1.82, 2.24) is 24.8 Å². The summed E-state index contributed by atoms with van der Waals surface area (Å²) in [5, 5.41) is 5.03. The number of nitrogens with one attached hydrogen (secondary N) is 1. The van der Waals surface area contributed by atoms with Gasteiger partial charge in [-0.3, -0.25) is 14.6 Å². The summed E-state index contributed by atoms with van der Waals surface area (Å²) in [7, 11) is 0. The van der Waals surface area contributed by atoms with Crippen LogP contribution in [0.5, 0.6) is 0 Å². The van der Waals surface area contributed by atoms with E-state index in [0.717, 1.165) is 17.7 Å². The molecule has 0 aliphatic carbocycles. The zero-order valence-corrected chi connectivity index (χ0v) is 16.4. The van der Waals surface area contributed by atoms with Gasteiger partial charge in [0.1, 0.15) is 6.04 Å². The number of carbonyl (C=O) groups is 2. The molecule has 7 nitrogen and oxygen atoms in total. The van der Waals surface area contributed by atoms with Crippen LogP contribution in [0.3, 0.4) is 0 Å². The highest BCUT2D eigenvalue weighted by molar-refractivity contribution is 7.09. The molecule has 0 aromatic carbocycles. The molecule has 2 amide bonds. The van der Waals surface area contributed by atoms with Gasteiger partial charge in [-0.05, 0) is 36.4 Å². The van der Waals surface area contributed by atoms with Crippen molar-refractivity contribution in [3.8, 4) is 0 Å². The van der Waals surface area contributed by atoms with Crippen molar-refractivity contribution in [3.63, 3.8) is 0 Å². The largest absolute Gasteiger partial charge is 0.354 e. The molecule has 0 saturated heterocycles. The Labute approximate surface area is 167 Å². The third-order valence-corrected chi connectivity index (χ3v) is 5.73. The maximum absolute atomic E-state index is 12.9. The van der Waals surface area contributed by atoms with Crippen molar-refractivity contribution in [1.29, 1.82) is 0 Å². The number of amides is 2. The zero-order chi connectivity index (χ0) is 19.5. The van der Waals surface area contributed by atoms with Gasteiger partial charge < -0.3 is 14.8 Å². The van der Waals surface area contributed by atoms with Crippen molar-refractivity contribution in [3.05, 3.63) is 70.2 Å². The molecule has 1 N–H and O–H groups in total. The maximum Gasteiger partial charge on any atom is 0.255 e. The van der Waals surface area contributed by atoms with E-state index in [1.54, 1.807) is 41.2 Å². The van der Waals surface area contributed by atoms with Crippen LogP contribution in [0.15, 0.2) is 48.5 Å². The number of aromatic nitrogens is 3. The van der Waals surface area contributed by atoms with Crippen LogP contribution < -0.4 is 5.32 Å². The normalized spacial score (nSPS) is 15.9. The quantitative estimate of drug-likeness (QED) is 0.718. The second-order valence-electron chi connectivity index (χ2n) is 6.87. The maximum atomic E-state index is 12.9. The SMILES string of the molecule is Cc1cncc(C(=O)N2Cc3cncn3C(C(=O)NCCc3cccs3)C2)c1. The minimum Gasteiger partial charge on any atom is -0.354 e. The molecular formula is C20H21N5O2S. The van der Waals surface area contributed by atoms with Crippen molar-refractivity contribution < 1.29 is 9.59 Å². The summed E-state index contributed by atoms with van der Waals surface area (Å²) in [5.74, 6) is -0.226. The fraction of sp³-hybridized carbons (Fsp3) is 0.300. The molecule has 1 aliphatic rings. The summed E-state index contributed by atoms with van der Waals surface area (Å²) in [4.78, 5) is 37.0. The number of thiophene rings is 1. The summed E-state index contributed by atoms with van der Waals surface area (Å²) >= 11 is 1.68. The standard InChI is InChI=1S/C20H21N5O2S/c1-14-7-15(9-21-8-14)20(27)24-11-16-10-22-13-25(16)18(12-24)19(26)23-5-4-17-3-2-6-28-17/h2-3,6-10,13,18H,4-5,11-12H2,1H3,(H,23,26). The average Bonchev–Trinajstić information content (AvgIpc) is 3.38. The fourth-order valence-electron chi connectivity index (χ4n) is 3.39. The first-order chi connectivity index (χ1) is 13.6. The number of hydrogen-bond acceptors (Lipinski definition) is 5. The van der Waals surface area contributed by atoms with E-state index in [2.05, 4.69) is 21.4 Å². The number of nitrogens with zero attached hydrogens (tertiary/aromatic N) is 4. The molecule has 3 aromatic heterocycles. The second kappa shape index (κ2) is 7.93. The Morgan fingerprint density at radius 1 is 1.29 bits per heavy atom. The molecule has 4 rings (SSSR count). The van der Waals surface area contributed by atoms with Crippen LogP contribution in [0.4, 0.5) is 0 Å². The molecule has 1 atom stereocenters. The van der Waals surface area contributed by atoms with Gasteiger partial charge in [0.25, 0.3) is 5.91 Å². The van der Waals surface area contributed by atoms with Crippen molar-refractivity contribution in [2.75, 3.05) is 13.1 Å². The molecule has 144 valence electrons. The van der Waals surface area contributed by atoms with E-state index in [1.165, 1.54) is 4.88 Å². The Kier molecular flexibility index (Phi) is 5.21. The molecule has 0 spiro atoms. The van der Waals surface area contributed by atoms with Gasteiger partial charge in [0, 0.05) is 30.0 Å². The molecular weight excluding hydrogens is 374 g/mol. The van der Waals surface area contributed by atoms with Gasteiger partial charge in [0.05, 0.1) is 30.7 Å². The lowest BCUT2D eigenvalue weighted by Gasteiger charge is -2.33. The van der Waals surface area contributed by atoms with Crippen LogP contribution in [0.2, 0.25) is 0 Å². The molecule has 0 saturated carbocycles. The van der Waals surface area contributed by atoms with Crippen molar-refractivity contribution in [2.24, 2.45) is 0 Å². The Morgan fingerprint density at radius 2 is 2.18 bits per heavy atom. The molecule has 0 radical (unpaired) electrons. The number of fused-ring (bicyclic) bond motifs is 1. The number of pyridine rings is 1. The predicted molar refractivity (Wildman–Crippen MR) is 106 cm³/mol. The Bertz CT molecular complexity index is 982. The highest BCUT2D eigenvalue weighted by Crippen LogP contribution is 2.23. The van der Waals surface area contributed by atoms with E-state index >= 15 is 0 Å². The minimum atomic E-state index is -0.490. The van der Waals surface area contributed by atoms with E-state index in [4.69, 9.17) is 0 Å². The van der Waals surface area contributed by atoms with E-state index in [0.29, 0.717) is 25.2 Å². The summed E-state index contributed by atoms with van der Waals surface area (Å²) < 4.78 is 1.86. The van der Waals surface area contributed by atoms with Gasteiger partial charge in [-0.25, -0.2) is 4.98 Å². The summed E-state index contributed by atoms with van der Waals surface area (Å²) in [6.45, 7) is 3.20. The van der Waals surface area contributed by atoms with E-state index in [-0.39, 0.29) is 11.8 Å². The van der Waals surface area contributed by atoms with Crippen LogP contribution in [-0.2, 0) is 17.8 Å². The molecule has 0 fully saturated rings. The van der Waals surface area contributed by atoms with Gasteiger partial charge in [-0.1, -0.05) is 6.07 Å². The fourth-order valence-corrected chi connectivity index (χ4v) is 4.10. The first-order valence-electron chi connectivity index (χ1n) is 9.13. The Hall–Kier alpha value is -3.00. The molecule has 8 heteroatoms. The molecule has 28 heavy (non-hydrogen) atoms. The van der Waals surface area contributed by atoms with Gasteiger partial charge in [0.2, 0.25) is 5.91 Å². The van der Waals surface area contributed by atoms with Gasteiger partial charge in [-0.2, -0.15) is 0 Å². The third kappa shape index (κ3) is 3.82.